The van der Waals surface area contributed by atoms with Crippen LogP contribution < -0.4 is 5.32 Å². The highest BCUT2D eigenvalue weighted by Crippen LogP contribution is 2.30. The van der Waals surface area contributed by atoms with Gasteiger partial charge < -0.3 is 15.3 Å². The van der Waals surface area contributed by atoms with Gasteiger partial charge in [-0.25, -0.2) is 0 Å². The van der Waals surface area contributed by atoms with Crippen LogP contribution in [0.15, 0.2) is 0 Å². The quantitative estimate of drug-likeness (QED) is 0.705. The van der Waals surface area contributed by atoms with Gasteiger partial charge in [0.1, 0.15) is 0 Å². The SMILES string of the molecule is CC(CO)(CN1CCN(CC2CC2)CC1)NC1CC1. The lowest BCUT2D eigenvalue weighted by molar-refractivity contribution is 0.0761. The maximum Gasteiger partial charge on any atom is 0.0623 e. The monoisotopic (exact) mass is 267 g/mol. The summed E-state index contributed by atoms with van der Waals surface area (Å²) in [7, 11) is 0. The van der Waals surface area contributed by atoms with Crippen LogP contribution >= 0.6 is 0 Å². The molecule has 1 aliphatic heterocycles. The third-order valence-corrected chi connectivity index (χ3v) is 4.73. The summed E-state index contributed by atoms with van der Waals surface area (Å²) in [5.74, 6) is 1.01. The molecule has 19 heavy (non-hydrogen) atoms. The van der Waals surface area contributed by atoms with Gasteiger partial charge in [0.25, 0.3) is 0 Å². The zero-order chi connectivity index (χ0) is 13.3. The second kappa shape index (κ2) is 5.68. The van der Waals surface area contributed by atoms with E-state index in [1.54, 1.807) is 0 Å². The fraction of sp³-hybridized carbons (Fsp3) is 1.00. The van der Waals surface area contributed by atoms with Crippen LogP contribution in [0.1, 0.15) is 32.6 Å². The van der Waals surface area contributed by atoms with Gasteiger partial charge in [-0.15, -0.1) is 0 Å². The van der Waals surface area contributed by atoms with Crippen molar-refractivity contribution in [1.29, 1.82) is 0 Å². The Morgan fingerprint density at radius 1 is 1.05 bits per heavy atom. The number of hydrogen-bond donors (Lipinski definition) is 2. The number of aliphatic hydroxyl groups excluding tert-OH is 1. The Kier molecular flexibility index (Phi) is 4.13. The summed E-state index contributed by atoms with van der Waals surface area (Å²) in [6.07, 6.45) is 5.47. The normalized spacial score (nSPS) is 29.4. The molecule has 0 amide bonds. The lowest BCUT2D eigenvalue weighted by Crippen LogP contribution is -2.58. The molecule has 2 aliphatic carbocycles. The van der Waals surface area contributed by atoms with E-state index >= 15 is 0 Å². The Morgan fingerprint density at radius 2 is 1.68 bits per heavy atom. The van der Waals surface area contributed by atoms with Crippen molar-refractivity contribution in [2.24, 2.45) is 5.92 Å². The molecule has 0 bridgehead atoms. The van der Waals surface area contributed by atoms with Gasteiger partial charge in [0.15, 0.2) is 0 Å². The van der Waals surface area contributed by atoms with Gasteiger partial charge >= 0.3 is 0 Å². The van der Waals surface area contributed by atoms with Crippen molar-refractivity contribution in [3.63, 3.8) is 0 Å². The topological polar surface area (TPSA) is 38.7 Å². The molecule has 4 heteroatoms. The average molecular weight is 267 g/mol. The minimum Gasteiger partial charge on any atom is -0.394 e. The number of nitrogens with zero attached hydrogens (tertiary/aromatic N) is 2. The summed E-state index contributed by atoms with van der Waals surface area (Å²) < 4.78 is 0. The number of hydrogen-bond acceptors (Lipinski definition) is 4. The summed E-state index contributed by atoms with van der Waals surface area (Å²) in [4.78, 5) is 5.15. The molecule has 0 aromatic rings. The van der Waals surface area contributed by atoms with E-state index in [1.807, 2.05) is 0 Å². The minimum atomic E-state index is -0.111. The van der Waals surface area contributed by atoms with E-state index in [2.05, 4.69) is 22.0 Å². The Bertz CT molecular complexity index is 296. The van der Waals surface area contributed by atoms with Crippen LogP contribution in [0.25, 0.3) is 0 Å². The van der Waals surface area contributed by atoms with Crippen molar-refractivity contribution >= 4 is 0 Å². The summed E-state index contributed by atoms with van der Waals surface area (Å²) in [6, 6.07) is 0.660. The summed E-state index contributed by atoms with van der Waals surface area (Å²) in [5.41, 5.74) is -0.111. The Hall–Kier alpha value is -0.160. The molecule has 1 saturated heterocycles. The lowest BCUT2D eigenvalue weighted by Gasteiger charge is -2.40. The first-order valence-corrected chi connectivity index (χ1v) is 8.00. The standard InChI is InChI=1S/C15H29N3O/c1-15(12-19,16-14-4-5-14)11-18-8-6-17(7-9-18)10-13-2-3-13/h13-14,16,19H,2-12H2,1H3. The molecule has 0 aromatic heterocycles. The van der Waals surface area contributed by atoms with Gasteiger partial charge in [-0.2, -0.15) is 0 Å². The van der Waals surface area contributed by atoms with Crippen molar-refractivity contribution in [3.8, 4) is 0 Å². The molecule has 4 nitrogen and oxygen atoms in total. The summed E-state index contributed by atoms with van der Waals surface area (Å²) >= 11 is 0. The highest BCUT2D eigenvalue weighted by molar-refractivity contribution is 4.95. The Labute approximate surface area is 117 Å². The van der Waals surface area contributed by atoms with E-state index in [0.717, 1.165) is 25.6 Å². The first-order chi connectivity index (χ1) is 9.17. The highest BCUT2D eigenvalue weighted by atomic mass is 16.3. The molecule has 2 saturated carbocycles. The highest BCUT2D eigenvalue weighted by Gasteiger charge is 2.34. The van der Waals surface area contributed by atoms with Gasteiger partial charge in [-0.1, -0.05) is 0 Å². The molecule has 0 spiro atoms. The molecule has 0 aromatic carbocycles. The van der Waals surface area contributed by atoms with E-state index < -0.39 is 0 Å². The molecule has 1 heterocycles. The predicted octanol–water partition coefficient (Wildman–Crippen LogP) is 0.517. The second-order valence-electron chi connectivity index (χ2n) is 7.16. The number of nitrogens with one attached hydrogen (secondary N) is 1. The molecule has 2 N–H and O–H groups in total. The number of piperazine rings is 1. The van der Waals surface area contributed by atoms with Crippen LogP contribution in [0.5, 0.6) is 0 Å². The van der Waals surface area contributed by atoms with E-state index in [4.69, 9.17) is 0 Å². The van der Waals surface area contributed by atoms with Crippen LogP contribution in [0.2, 0.25) is 0 Å². The van der Waals surface area contributed by atoms with Crippen LogP contribution in [0.4, 0.5) is 0 Å². The molecule has 3 rings (SSSR count). The largest absolute Gasteiger partial charge is 0.394 e. The van der Waals surface area contributed by atoms with Crippen LogP contribution in [0, 0.1) is 5.92 Å². The third-order valence-electron chi connectivity index (χ3n) is 4.73. The predicted molar refractivity (Wildman–Crippen MR) is 77.3 cm³/mol. The lowest BCUT2D eigenvalue weighted by atomic mass is 10.0. The van der Waals surface area contributed by atoms with E-state index in [1.165, 1.54) is 45.3 Å². The molecule has 3 fully saturated rings. The van der Waals surface area contributed by atoms with Gasteiger partial charge in [-0.3, -0.25) is 4.90 Å². The van der Waals surface area contributed by atoms with E-state index in [0.29, 0.717) is 6.04 Å². The summed E-state index contributed by atoms with van der Waals surface area (Å²) in [5, 5.41) is 13.3. The molecule has 1 atom stereocenters. The van der Waals surface area contributed by atoms with Crippen molar-refractivity contribution in [1.82, 2.24) is 15.1 Å². The van der Waals surface area contributed by atoms with Gasteiger partial charge in [-0.05, 0) is 38.5 Å². The average Bonchev–Trinajstić information content (AvgIpc) is 3.28. The van der Waals surface area contributed by atoms with Crippen molar-refractivity contribution in [2.45, 2.75) is 44.2 Å². The Morgan fingerprint density at radius 3 is 2.21 bits per heavy atom. The first-order valence-electron chi connectivity index (χ1n) is 8.00. The molecule has 0 radical (unpaired) electrons. The maximum atomic E-state index is 9.67. The van der Waals surface area contributed by atoms with Crippen molar-refractivity contribution < 1.29 is 5.11 Å². The minimum absolute atomic E-state index is 0.111. The second-order valence-corrected chi connectivity index (χ2v) is 7.16. The van der Waals surface area contributed by atoms with E-state index in [9.17, 15) is 5.11 Å². The Balaban J connectivity index is 1.41. The van der Waals surface area contributed by atoms with Crippen LogP contribution in [-0.2, 0) is 0 Å². The zero-order valence-electron chi connectivity index (χ0n) is 12.3. The van der Waals surface area contributed by atoms with Crippen molar-refractivity contribution in [3.05, 3.63) is 0 Å². The number of rotatable bonds is 7. The molecular formula is C15H29N3O. The fourth-order valence-electron chi connectivity index (χ4n) is 3.15. The first kappa shape index (κ1) is 13.8. The molecule has 1 unspecified atom stereocenters. The summed E-state index contributed by atoms with van der Waals surface area (Å²) in [6.45, 7) is 9.46. The molecule has 3 aliphatic rings. The zero-order valence-corrected chi connectivity index (χ0v) is 12.3. The van der Waals surface area contributed by atoms with Crippen molar-refractivity contribution in [2.75, 3.05) is 45.9 Å². The van der Waals surface area contributed by atoms with E-state index in [-0.39, 0.29) is 12.1 Å². The van der Waals surface area contributed by atoms with Gasteiger partial charge in [0.2, 0.25) is 0 Å². The molecule has 110 valence electrons. The number of aliphatic hydroxyl groups is 1. The van der Waals surface area contributed by atoms with Gasteiger partial charge in [0, 0.05) is 45.3 Å². The van der Waals surface area contributed by atoms with Crippen LogP contribution in [-0.4, -0.2) is 72.4 Å². The van der Waals surface area contributed by atoms with Gasteiger partial charge in [0.05, 0.1) is 12.1 Å². The maximum absolute atomic E-state index is 9.67. The van der Waals surface area contributed by atoms with Crippen LogP contribution in [0.3, 0.4) is 0 Å². The fourth-order valence-corrected chi connectivity index (χ4v) is 3.15. The third kappa shape index (κ3) is 4.15. The molecular weight excluding hydrogens is 238 g/mol. The smallest absolute Gasteiger partial charge is 0.0623 e.